The van der Waals surface area contributed by atoms with Crippen LogP contribution in [0, 0.1) is 0 Å². The van der Waals surface area contributed by atoms with Crippen molar-refractivity contribution >= 4 is 17.1 Å². The fraction of sp³-hybridized carbons (Fsp3) is 0.500. The van der Waals surface area contributed by atoms with E-state index in [1.165, 1.54) is 18.4 Å². The first-order valence-corrected chi connectivity index (χ1v) is 7.59. The molecule has 0 aliphatic heterocycles. The average Bonchev–Trinajstić information content (AvgIpc) is 2.85. The van der Waals surface area contributed by atoms with Crippen molar-refractivity contribution in [3.8, 4) is 6.01 Å². The highest BCUT2D eigenvalue weighted by molar-refractivity contribution is 5.78. The highest BCUT2D eigenvalue weighted by Crippen LogP contribution is 2.18. The molecular weight excluding hydrogens is 266 g/mol. The number of hydrogen-bond donors (Lipinski definition) is 2. The van der Waals surface area contributed by atoms with Crippen LogP contribution < -0.4 is 10.1 Å². The van der Waals surface area contributed by atoms with Crippen LogP contribution >= 0.6 is 0 Å². The van der Waals surface area contributed by atoms with Gasteiger partial charge in [0.15, 0.2) is 0 Å². The Morgan fingerprint density at radius 1 is 1.43 bits per heavy atom. The maximum Gasteiger partial charge on any atom is 0.415 e. The Morgan fingerprint density at radius 2 is 2.24 bits per heavy atom. The average molecular weight is 289 g/mol. The number of aromatic amines is 1. The molecule has 0 bridgehead atoms. The molecule has 0 radical (unpaired) electrons. The lowest BCUT2D eigenvalue weighted by atomic mass is 10.1. The molecule has 0 saturated heterocycles. The number of nitrogens with one attached hydrogen (secondary N) is 2. The molecule has 2 rings (SSSR count). The van der Waals surface area contributed by atoms with Crippen LogP contribution in [-0.4, -0.2) is 22.1 Å². The van der Waals surface area contributed by atoms with E-state index >= 15 is 0 Å². The number of nitrogens with zero attached hydrogens (tertiary/aromatic N) is 1. The molecule has 0 aliphatic carbocycles. The zero-order valence-corrected chi connectivity index (χ0v) is 12.9. The second kappa shape index (κ2) is 7.11. The standard InChI is InChI=1S/C16H23N3O2/c1-4-6-7-12-8-9-13-14(10-12)19-15(18-13)21-16(20)17-11(3)5-2/h8-11H,4-7H2,1-3H3,(H,17,20)(H,18,19). The van der Waals surface area contributed by atoms with Crippen molar-refractivity contribution in [2.75, 3.05) is 0 Å². The van der Waals surface area contributed by atoms with Crippen molar-refractivity contribution in [2.24, 2.45) is 0 Å². The fourth-order valence-electron chi connectivity index (χ4n) is 2.04. The molecule has 0 aliphatic rings. The lowest BCUT2D eigenvalue weighted by molar-refractivity contribution is 0.193. The van der Waals surface area contributed by atoms with Crippen LogP contribution in [0.1, 0.15) is 45.6 Å². The number of carbonyl (C=O) groups excluding carboxylic acids is 1. The monoisotopic (exact) mass is 289 g/mol. The summed E-state index contributed by atoms with van der Waals surface area (Å²) in [7, 11) is 0. The summed E-state index contributed by atoms with van der Waals surface area (Å²) in [6, 6.07) is 6.41. The summed E-state index contributed by atoms with van der Waals surface area (Å²) >= 11 is 0. The first kappa shape index (κ1) is 15.4. The van der Waals surface area contributed by atoms with Crippen LogP contribution in [-0.2, 0) is 6.42 Å². The number of rotatable bonds is 6. The third-order valence-corrected chi connectivity index (χ3v) is 3.51. The van der Waals surface area contributed by atoms with Gasteiger partial charge in [0.2, 0.25) is 0 Å². The number of aromatic nitrogens is 2. The number of H-pyrrole nitrogens is 1. The molecule has 0 spiro atoms. The second-order valence-corrected chi connectivity index (χ2v) is 5.34. The Bertz CT molecular complexity index is 607. The van der Waals surface area contributed by atoms with Gasteiger partial charge in [-0.3, -0.25) is 0 Å². The number of aryl methyl sites for hydroxylation is 1. The van der Waals surface area contributed by atoms with Crippen LogP contribution in [0.2, 0.25) is 0 Å². The number of ether oxygens (including phenoxy) is 1. The molecule has 21 heavy (non-hydrogen) atoms. The van der Waals surface area contributed by atoms with Gasteiger partial charge < -0.3 is 15.0 Å². The van der Waals surface area contributed by atoms with E-state index in [1.54, 1.807) is 0 Å². The minimum absolute atomic E-state index is 0.0857. The summed E-state index contributed by atoms with van der Waals surface area (Å²) in [6.07, 6.45) is 3.77. The Hall–Kier alpha value is -2.04. The van der Waals surface area contributed by atoms with Crippen LogP contribution in [0.5, 0.6) is 6.01 Å². The lowest BCUT2D eigenvalue weighted by Crippen LogP contribution is -2.34. The third kappa shape index (κ3) is 4.21. The van der Waals surface area contributed by atoms with E-state index in [9.17, 15) is 4.79 Å². The summed E-state index contributed by atoms with van der Waals surface area (Å²) < 4.78 is 5.18. The van der Waals surface area contributed by atoms with Crippen molar-refractivity contribution in [1.82, 2.24) is 15.3 Å². The normalized spacial score (nSPS) is 12.3. The van der Waals surface area contributed by atoms with E-state index in [0.29, 0.717) is 0 Å². The molecule has 114 valence electrons. The largest absolute Gasteiger partial charge is 0.415 e. The highest BCUT2D eigenvalue weighted by atomic mass is 16.6. The molecule has 1 aromatic heterocycles. The summed E-state index contributed by atoms with van der Waals surface area (Å²) in [6.45, 7) is 6.11. The zero-order chi connectivity index (χ0) is 15.2. The van der Waals surface area contributed by atoms with E-state index in [1.807, 2.05) is 19.9 Å². The first-order chi connectivity index (χ1) is 10.1. The molecule has 0 fully saturated rings. The molecule has 1 amide bonds. The number of imidazole rings is 1. The van der Waals surface area contributed by atoms with Crippen molar-refractivity contribution in [3.05, 3.63) is 23.8 Å². The molecule has 5 heteroatoms. The van der Waals surface area contributed by atoms with Gasteiger partial charge in [-0.15, -0.1) is 0 Å². The highest BCUT2D eigenvalue weighted by Gasteiger charge is 2.11. The van der Waals surface area contributed by atoms with E-state index in [4.69, 9.17) is 4.74 Å². The minimum atomic E-state index is -0.477. The third-order valence-electron chi connectivity index (χ3n) is 3.51. The molecule has 2 N–H and O–H groups in total. The van der Waals surface area contributed by atoms with Crippen molar-refractivity contribution < 1.29 is 9.53 Å². The Balaban J connectivity index is 2.06. The van der Waals surface area contributed by atoms with Gasteiger partial charge in [-0.1, -0.05) is 26.3 Å². The lowest BCUT2D eigenvalue weighted by Gasteiger charge is -2.09. The van der Waals surface area contributed by atoms with Crippen molar-refractivity contribution in [2.45, 2.75) is 52.5 Å². The van der Waals surface area contributed by atoms with Crippen LogP contribution in [0.15, 0.2) is 18.2 Å². The molecule has 1 unspecified atom stereocenters. The number of fused-ring (bicyclic) bond motifs is 1. The van der Waals surface area contributed by atoms with Crippen molar-refractivity contribution in [3.63, 3.8) is 0 Å². The molecule has 0 saturated carbocycles. The molecule has 2 aromatic rings. The van der Waals surface area contributed by atoms with Gasteiger partial charge in [-0.2, -0.15) is 4.98 Å². The summed E-state index contributed by atoms with van der Waals surface area (Å²) in [5, 5.41) is 2.74. The number of amides is 1. The number of carbonyl (C=O) groups is 1. The molecule has 1 aromatic carbocycles. The predicted molar refractivity (Wildman–Crippen MR) is 83.6 cm³/mol. The maximum atomic E-state index is 11.7. The zero-order valence-electron chi connectivity index (χ0n) is 12.9. The van der Waals surface area contributed by atoms with E-state index in [-0.39, 0.29) is 12.1 Å². The van der Waals surface area contributed by atoms with Gasteiger partial charge in [-0.05, 0) is 43.9 Å². The van der Waals surface area contributed by atoms with E-state index < -0.39 is 6.09 Å². The van der Waals surface area contributed by atoms with Crippen molar-refractivity contribution in [1.29, 1.82) is 0 Å². The smallest absolute Gasteiger partial charge is 0.375 e. The fourth-order valence-corrected chi connectivity index (χ4v) is 2.04. The van der Waals surface area contributed by atoms with Gasteiger partial charge in [-0.25, -0.2) is 4.79 Å². The van der Waals surface area contributed by atoms with Gasteiger partial charge >= 0.3 is 12.1 Å². The number of benzene rings is 1. The van der Waals surface area contributed by atoms with Gasteiger partial charge in [0, 0.05) is 6.04 Å². The van der Waals surface area contributed by atoms with Crippen LogP contribution in [0.25, 0.3) is 11.0 Å². The molecule has 1 heterocycles. The summed E-state index contributed by atoms with van der Waals surface area (Å²) in [5.41, 5.74) is 2.97. The van der Waals surface area contributed by atoms with E-state index in [2.05, 4.69) is 34.3 Å². The number of unbranched alkanes of at least 4 members (excludes halogenated alkanes) is 1. The summed E-state index contributed by atoms with van der Waals surface area (Å²) in [4.78, 5) is 19.0. The number of hydrogen-bond acceptors (Lipinski definition) is 3. The SMILES string of the molecule is CCCCc1ccc2nc(OC(=O)NC(C)CC)[nH]c2c1. The second-order valence-electron chi connectivity index (χ2n) is 5.34. The van der Waals surface area contributed by atoms with Gasteiger partial charge in [0.05, 0.1) is 11.0 Å². The van der Waals surface area contributed by atoms with Gasteiger partial charge in [0.25, 0.3) is 0 Å². The molecule has 5 nitrogen and oxygen atoms in total. The Morgan fingerprint density at radius 3 is 2.95 bits per heavy atom. The molecular formula is C16H23N3O2. The predicted octanol–water partition coefficient (Wildman–Crippen LogP) is 3.79. The Labute approximate surface area is 125 Å². The quantitative estimate of drug-likeness (QED) is 0.850. The minimum Gasteiger partial charge on any atom is -0.375 e. The van der Waals surface area contributed by atoms with Crippen LogP contribution in [0.3, 0.4) is 0 Å². The van der Waals surface area contributed by atoms with Gasteiger partial charge in [0.1, 0.15) is 0 Å². The first-order valence-electron chi connectivity index (χ1n) is 7.59. The maximum absolute atomic E-state index is 11.7. The van der Waals surface area contributed by atoms with Crippen LogP contribution in [0.4, 0.5) is 4.79 Å². The molecule has 1 atom stereocenters. The Kier molecular flexibility index (Phi) is 5.20. The topological polar surface area (TPSA) is 67.0 Å². The van der Waals surface area contributed by atoms with E-state index in [0.717, 1.165) is 23.9 Å². The summed E-state index contributed by atoms with van der Waals surface area (Å²) in [5.74, 6) is 0.